The molecular formula is C17H24O. The summed E-state index contributed by atoms with van der Waals surface area (Å²) in [5.41, 5.74) is 1.12. The van der Waals surface area contributed by atoms with Crippen LogP contribution in [-0.2, 0) is 0 Å². The zero-order valence-electron chi connectivity index (χ0n) is 11.6. The van der Waals surface area contributed by atoms with Gasteiger partial charge in [-0.3, -0.25) is 0 Å². The first-order valence-electron chi connectivity index (χ1n) is 6.97. The summed E-state index contributed by atoms with van der Waals surface area (Å²) in [6, 6.07) is 7.94. The van der Waals surface area contributed by atoms with Gasteiger partial charge in [-0.2, -0.15) is 0 Å². The molecule has 98 valence electrons. The Hall–Kier alpha value is -1.50. The predicted molar refractivity (Wildman–Crippen MR) is 79.7 cm³/mol. The fraction of sp³-hybridized carbons (Fsp3) is 0.412. The van der Waals surface area contributed by atoms with E-state index in [0.29, 0.717) is 0 Å². The zero-order chi connectivity index (χ0) is 13.1. The van der Waals surface area contributed by atoms with E-state index < -0.39 is 0 Å². The highest BCUT2D eigenvalue weighted by atomic mass is 16.5. The molecule has 0 fully saturated rings. The van der Waals surface area contributed by atoms with E-state index in [-0.39, 0.29) is 0 Å². The number of hydrogen-bond acceptors (Lipinski definition) is 1. The molecule has 0 aliphatic carbocycles. The van der Waals surface area contributed by atoms with Crippen LogP contribution in [0.15, 0.2) is 42.7 Å². The number of ether oxygens (including phenoxy) is 1. The van der Waals surface area contributed by atoms with Crippen LogP contribution in [0.3, 0.4) is 0 Å². The maximum Gasteiger partial charge on any atom is 0.133 e. The van der Waals surface area contributed by atoms with Crippen LogP contribution in [0.1, 0.15) is 51.5 Å². The fourth-order valence-electron chi connectivity index (χ4n) is 1.72. The number of fused-ring (bicyclic) bond motifs is 1. The number of para-hydroxylation sites is 1. The molecule has 0 radical (unpaired) electrons. The lowest BCUT2D eigenvalue weighted by Gasteiger charge is -2.00. The average molecular weight is 244 g/mol. The molecule has 1 nitrogen and oxygen atoms in total. The molecule has 1 aromatic rings. The first kappa shape index (κ1) is 14.6. The average Bonchev–Trinajstić information content (AvgIpc) is 2.65. The Labute approximate surface area is 111 Å². The van der Waals surface area contributed by atoms with Crippen molar-refractivity contribution in [1.29, 1.82) is 0 Å². The zero-order valence-corrected chi connectivity index (χ0v) is 11.6. The molecule has 0 amide bonds. The second-order valence-electron chi connectivity index (χ2n) is 4.40. The highest BCUT2D eigenvalue weighted by Gasteiger charge is 1.97. The van der Waals surface area contributed by atoms with Crippen LogP contribution in [0.5, 0.6) is 5.75 Å². The second kappa shape index (κ2) is 9.52. The van der Waals surface area contributed by atoms with Gasteiger partial charge in [-0.15, -0.1) is 0 Å². The van der Waals surface area contributed by atoms with Gasteiger partial charge in [0, 0.05) is 5.56 Å². The Morgan fingerprint density at radius 3 is 2.33 bits per heavy atom. The van der Waals surface area contributed by atoms with E-state index >= 15 is 0 Å². The summed E-state index contributed by atoms with van der Waals surface area (Å²) >= 11 is 0. The highest BCUT2D eigenvalue weighted by Crippen LogP contribution is 2.21. The molecule has 2 rings (SSSR count). The summed E-state index contributed by atoms with van der Waals surface area (Å²) in [6.07, 6.45) is 14.6. The van der Waals surface area contributed by atoms with Crippen molar-refractivity contribution in [2.45, 2.75) is 46.0 Å². The van der Waals surface area contributed by atoms with E-state index in [9.17, 15) is 0 Å². The monoisotopic (exact) mass is 244 g/mol. The summed E-state index contributed by atoms with van der Waals surface area (Å²) in [5.74, 6) is 0.914. The molecule has 1 aliphatic rings. The summed E-state index contributed by atoms with van der Waals surface area (Å²) in [7, 11) is 0. The topological polar surface area (TPSA) is 9.23 Å². The lowest BCUT2D eigenvalue weighted by molar-refractivity contribution is 0.481. The van der Waals surface area contributed by atoms with Crippen molar-refractivity contribution >= 4 is 6.08 Å². The van der Waals surface area contributed by atoms with Crippen LogP contribution in [0.25, 0.3) is 6.08 Å². The Bertz CT molecular complexity index is 373. The number of allylic oxidation sites excluding steroid dienone is 2. The van der Waals surface area contributed by atoms with E-state index in [1.807, 2.05) is 42.5 Å². The quantitative estimate of drug-likeness (QED) is 0.628. The van der Waals surface area contributed by atoms with Gasteiger partial charge in [0.15, 0.2) is 0 Å². The van der Waals surface area contributed by atoms with Crippen molar-refractivity contribution in [3.8, 4) is 5.75 Å². The molecule has 0 atom stereocenters. The summed E-state index contributed by atoms with van der Waals surface area (Å²) in [4.78, 5) is 0. The highest BCUT2D eigenvalue weighted by molar-refractivity contribution is 5.59. The smallest absolute Gasteiger partial charge is 0.133 e. The number of unbranched alkanes of at least 4 members (excludes halogenated alkanes) is 4. The van der Waals surface area contributed by atoms with E-state index in [1.54, 1.807) is 6.26 Å². The first-order chi connectivity index (χ1) is 8.88. The van der Waals surface area contributed by atoms with Crippen LogP contribution in [0.2, 0.25) is 0 Å². The molecule has 0 saturated heterocycles. The van der Waals surface area contributed by atoms with E-state index in [2.05, 4.69) is 13.8 Å². The first-order valence-corrected chi connectivity index (χ1v) is 6.97. The van der Waals surface area contributed by atoms with E-state index in [4.69, 9.17) is 4.74 Å². The third kappa shape index (κ3) is 5.72. The van der Waals surface area contributed by atoms with Gasteiger partial charge in [0.25, 0.3) is 0 Å². The molecule has 1 heterocycles. The number of rotatable bonds is 4. The lowest BCUT2D eigenvalue weighted by Crippen LogP contribution is -1.82. The van der Waals surface area contributed by atoms with Gasteiger partial charge in [-0.25, -0.2) is 0 Å². The molecular weight excluding hydrogens is 220 g/mol. The van der Waals surface area contributed by atoms with Gasteiger partial charge in [-0.05, 0) is 12.1 Å². The molecule has 1 aromatic carbocycles. The van der Waals surface area contributed by atoms with Crippen LogP contribution in [-0.4, -0.2) is 0 Å². The largest absolute Gasteiger partial charge is 0.464 e. The molecule has 0 aromatic heterocycles. The van der Waals surface area contributed by atoms with Crippen molar-refractivity contribution in [2.75, 3.05) is 0 Å². The summed E-state index contributed by atoms with van der Waals surface area (Å²) in [6.45, 7) is 4.49. The molecule has 0 spiro atoms. The molecule has 18 heavy (non-hydrogen) atoms. The van der Waals surface area contributed by atoms with Crippen molar-refractivity contribution in [1.82, 2.24) is 0 Å². The Morgan fingerprint density at radius 2 is 1.61 bits per heavy atom. The predicted octanol–water partition coefficient (Wildman–Crippen LogP) is 5.58. The molecule has 0 saturated carbocycles. The van der Waals surface area contributed by atoms with Crippen LogP contribution < -0.4 is 4.74 Å². The Balaban J connectivity index is 0.000000203. The van der Waals surface area contributed by atoms with Gasteiger partial charge in [0.05, 0.1) is 6.26 Å². The van der Waals surface area contributed by atoms with Crippen molar-refractivity contribution < 1.29 is 4.74 Å². The van der Waals surface area contributed by atoms with Gasteiger partial charge >= 0.3 is 0 Å². The fourth-order valence-corrected chi connectivity index (χ4v) is 1.72. The number of hydrogen-bond donors (Lipinski definition) is 0. The Kier molecular flexibility index (Phi) is 7.70. The maximum atomic E-state index is 5.31. The SMILES string of the molecule is C1=COc2ccccc2C=C1.CCCCCCC. The minimum atomic E-state index is 0.914. The third-order valence-corrected chi connectivity index (χ3v) is 2.79. The number of benzene rings is 1. The second-order valence-corrected chi connectivity index (χ2v) is 4.40. The van der Waals surface area contributed by atoms with Crippen molar-refractivity contribution in [3.63, 3.8) is 0 Å². The van der Waals surface area contributed by atoms with Crippen LogP contribution in [0, 0.1) is 0 Å². The van der Waals surface area contributed by atoms with Gasteiger partial charge < -0.3 is 4.74 Å². The third-order valence-electron chi connectivity index (χ3n) is 2.79. The minimum Gasteiger partial charge on any atom is -0.464 e. The molecule has 0 unspecified atom stereocenters. The minimum absolute atomic E-state index is 0.914. The van der Waals surface area contributed by atoms with Crippen LogP contribution in [0.4, 0.5) is 0 Å². The molecule has 1 heteroatoms. The van der Waals surface area contributed by atoms with Crippen LogP contribution >= 0.6 is 0 Å². The molecule has 0 N–H and O–H groups in total. The van der Waals surface area contributed by atoms with Gasteiger partial charge in [0.1, 0.15) is 5.75 Å². The van der Waals surface area contributed by atoms with E-state index in [1.165, 1.54) is 32.1 Å². The lowest BCUT2D eigenvalue weighted by atomic mass is 10.2. The summed E-state index contributed by atoms with van der Waals surface area (Å²) < 4.78 is 5.31. The van der Waals surface area contributed by atoms with Crippen molar-refractivity contribution in [2.24, 2.45) is 0 Å². The standard InChI is InChI=1S/C10H8O.C7H16/c1-2-7-10-9(5-1)6-3-4-8-11-10;1-3-5-7-6-4-2/h1-8H;3-7H2,1-2H3. The normalized spacial score (nSPS) is 11.9. The van der Waals surface area contributed by atoms with Gasteiger partial charge in [-0.1, -0.05) is 76.3 Å². The van der Waals surface area contributed by atoms with E-state index in [0.717, 1.165) is 11.3 Å². The summed E-state index contributed by atoms with van der Waals surface area (Å²) in [5, 5.41) is 0. The van der Waals surface area contributed by atoms with Crippen molar-refractivity contribution in [3.05, 3.63) is 48.2 Å². The Morgan fingerprint density at radius 1 is 0.889 bits per heavy atom. The maximum absolute atomic E-state index is 5.31. The molecule has 1 aliphatic heterocycles. The molecule has 0 bridgehead atoms. The van der Waals surface area contributed by atoms with Gasteiger partial charge in [0.2, 0.25) is 0 Å².